The molecule has 2 aromatic carbocycles. The van der Waals surface area contributed by atoms with Crippen molar-refractivity contribution in [2.75, 3.05) is 0 Å². The molecule has 0 aliphatic heterocycles. The zero-order chi connectivity index (χ0) is 16.1. The number of rotatable bonds is 5. The monoisotopic (exact) mass is 299 g/mol. The van der Waals surface area contributed by atoms with E-state index in [4.69, 9.17) is 10.5 Å². The number of amides is 1. The summed E-state index contributed by atoms with van der Waals surface area (Å²) in [6.07, 6.45) is 0.368. The summed E-state index contributed by atoms with van der Waals surface area (Å²) in [5.74, 6) is -1.98. The molecule has 0 heterocycles. The molecular weight excluding hydrogens is 285 g/mol. The van der Waals surface area contributed by atoms with Gasteiger partial charge in [-0.3, -0.25) is 4.79 Å². The van der Waals surface area contributed by atoms with Crippen LogP contribution < -0.4 is 5.73 Å². The van der Waals surface area contributed by atoms with E-state index in [1.165, 1.54) is 12.1 Å². The van der Waals surface area contributed by atoms with Crippen LogP contribution in [0.3, 0.4) is 0 Å². The normalized spacial score (nSPS) is 11.5. The van der Waals surface area contributed by atoms with E-state index < -0.39 is 23.8 Å². The predicted molar refractivity (Wildman–Crippen MR) is 80.3 cm³/mol. The zero-order valence-electron chi connectivity index (χ0n) is 11.7. The Balaban J connectivity index is 2.19. The van der Waals surface area contributed by atoms with Gasteiger partial charge in [-0.15, -0.1) is 0 Å². The summed E-state index contributed by atoms with van der Waals surface area (Å²) >= 11 is 0. The van der Waals surface area contributed by atoms with Crippen LogP contribution in [0.15, 0.2) is 55.1 Å². The number of ether oxygens (including phenoxy) is 1. The van der Waals surface area contributed by atoms with Gasteiger partial charge in [-0.25, -0.2) is 9.18 Å². The maximum atomic E-state index is 12.9. The van der Waals surface area contributed by atoms with Crippen molar-refractivity contribution in [1.82, 2.24) is 0 Å². The van der Waals surface area contributed by atoms with Crippen LogP contribution in [0, 0.1) is 5.82 Å². The number of halogens is 1. The molecule has 0 saturated carbocycles. The second kappa shape index (κ2) is 6.67. The largest absolute Gasteiger partial charge is 0.444 e. The molecule has 1 unspecified atom stereocenters. The Bertz CT molecular complexity index is 693. The summed E-state index contributed by atoms with van der Waals surface area (Å²) in [5, 5.41) is 0. The van der Waals surface area contributed by atoms with Crippen molar-refractivity contribution in [3.63, 3.8) is 0 Å². The van der Waals surface area contributed by atoms with Crippen LogP contribution in [0.25, 0.3) is 6.08 Å². The van der Waals surface area contributed by atoms with Gasteiger partial charge in [-0.05, 0) is 29.8 Å². The van der Waals surface area contributed by atoms with E-state index in [0.29, 0.717) is 5.56 Å². The number of nitrogens with two attached hydrogens (primary N) is 1. The van der Waals surface area contributed by atoms with Crippen molar-refractivity contribution < 1.29 is 18.7 Å². The lowest BCUT2D eigenvalue weighted by atomic mass is 10.1. The summed E-state index contributed by atoms with van der Waals surface area (Å²) in [7, 11) is 0. The van der Waals surface area contributed by atoms with Gasteiger partial charge in [-0.1, -0.05) is 36.9 Å². The number of hydrogen-bond acceptors (Lipinski definition) is 3. The van der Waals surface area contributed by atoms with Crippen molar-refractivity contribution in [2.45, 2.75) is 6.10 Å². The maximum Gasteiger partial charge on any atom is 0.339 e. The Hall–Kier alpha value is -2.95. The standard InChI is InChI=1S/C17H14FNO3/c1-2-11-3-5-13(6-4-11)17(21)22-15(16(19)20)12-7-9-14(18)10-8-12/h2-10,15H,1H2,(H2,19,20). The molecule has 22 heavy (non-hydrogen) atoms. The molecule has 5 heteroatoms. The first-order valence-corrected chi connectivity index (χ1v) is 6.49. The van der Waals surface area contributed by atoms with E-state index in [2.05, 4.69) is 6.58 Å². The molecule has 0 radical (unpaired) electrons. The van der Waals surface area contributed by atoms with Gasteiger partial charge in [0, 0.05) is 5.56 Å². The van der Waals surface area contributed by atoms with Crippen LogP contribution in [0.1, 0.15) is 27.6 Å². The first kappa shape index (κ1) is 15.4. The topological polar surface area (TPSA) is 69.4 Å². The first-order valence-electron chi connectivity index (χ1n) is 6.49. The van der Waals surface area contributed by atoms with Crippen LogP contribution in [0.4, 0.5) is 4.39 Å². The van der Waals surface area contributed by atoms with Crippen LogP contribution in [0.5, 0.6) is 0 Å². The van der Waals surface area contributed by atoms with Crippen LogP contribution in [-0.2, 0) is 9.53 Å². The molecule has 0 fully saturated rings. The smallest absolute Gasteiger partial charge is 0.339 e. The molecule has 112 valence electrons. The summed E-state index contributed by atoms with van der Waals surface area (Å²) in [5.41, 5.74) is 6.69. The summed E-state index contributed by atoms with van der Waals surface area (Å²) < 4.78 is 18.1. The number of primary amides is 1. The molecular formula is C17H14FNO3. The molecule has 0 aliphatic carbocycles. The van der Waals surface area contributed by atoms with E-state index in [0.717, 1.165) is 17.7 Å². The second-order valence-electron chi connectivity index (χ2n) is 4.57. The fourth-order valence-corrected chi connectivity index (χ4v) is 1.86. The summed E-state index contributed by atoms with van der Waals surface area (Å²) in [4.78, 5) is 23.6. The van der Waals surface area contributed by atoms with Gasteiger partial charge in [0.2, 0.25) is 6.10 Å². The Morgan fingerprint density at radius 1 is 1.09 bits per heavy atom. The highest BCUT2D eigenvalue weighted by Crippen LogP contribution is 2.20. The number of carbonyl (C=O) groups excluding carboxylic acids is 2. The zero-order valence-corrected chi connectivity index (χ0v) is 11.7. The molecule has 1 amide bonds. The minimum atomic E-state index is -1.27. The summed E-state index contributed by atoms with van der Waals surface area (Å²) in [6, 6.07) is 11.5. The number of hydrogen-bond donors (Lipinski definition) is 1. The third-order valence-corrected chi connectivity index (χ3v) is 3.04. The highest BCUT2D eigenvalue weighted by atomic mass is 19.1. The molecule has 4 nitrogen and oxygen atoms in total. The van der Waals surface area contributed by atoms with Crippen molar-refractivity contribution in [3.05, 3.63) is 77.6 Å². The lowest BCUT2D eigenvalue weighted by molar-refractivity contribution is -0.127. The molecule has 0 saturated heterocycles. The third-order valence-electron chi connectivity index (χ3n) is 3.04. The third kappa shape index (κ3) is 3.58. The number of carbonyl (C=O) groups is 2. The number of esters is 1. The van der Waals surface area contributed by atoms with Crippen molar-refractivity contribution >= 4 is 18.0 Å². The van der Waals surface area contributed by atoms with E-state index in [1.54, 1.807) is 30.3 Å². The van der Waals surface area contributed by atoms with E-state index in [1.807, 2.05) is 0 Å². The van der Waals surface area contributed by atoms with Gasteiger partial charge in [0.15, 0.2) is 0 Å². The highest BCUT2D eigenvalue weighted by molar-refractivity contribution is 5.92. The Labute approximate surface area is 127 Å². The summed E-state index contributed by atoms with van der Waals surface area (Å²) in [6.45, 7) is 3.62. The first-order chi connectivity index (χ1) is 10.5. The molecule has 2 aromatic rings. The molecule has 0 aromatic heterocycles. The van der Waals surface area contributed by atoms with Gasteiger partial charge < -0.3 is 10.5 Å². The van der Waals surface area contributed by atoms with E-state index >= 15 is 0 Å². The van der Waals surface area contributed by atoms with Gasteiger partial charge in [0.25, 0.3) is 5.91 Å². The van der Waals surface area contributed by atoms with Crippen molar-refractivity contribution in [3.8, 4) is 0 Å². The average Bonchev–Trinajstić information content (AvgIpc) is 2.53. The lowest BCUT2D eigenvalue weighted by Gasteiger charge is -2.15. The molecule has 0 bridgehead atoms. The van der Waals surface area contributed by atoms with Gasteiger partial charge in [0.1, 0.15) is 5.82 Å². The second-order valence-corrected chi connectivity index (χ2v) is 4.57. The SMILES string of the molecule is C=Cc1ccc(C(=O)OC(C(N)=O)c2ccc(F)cc2)cc1. The molecule has 2 N–H and O–H groups in total. The van der Waals surface area contributed by atoms with Crippen LogP contribution in [0.2, 0.25) is 0 Å². The predicted octanol–water partition coefficient (Wildman–Crippen LogP) is 2.85. The highest BCUT2D eigenvalue weighted by Gasteiger charge is 2.23. The van der Waals surface area contributed by atoms with Crippen molar-refractivity contribution in [2.24, 2.45) is 5.73 Å². The molecule has 2 rings (SSSR count). The fourth-order valence-electron chi connectivity index (χ4n) is 1.86. The van der Waals surface area contributed by atoms with E-state index in [9.17, 15) is 14.0 Å². The van der Waals surface area contributed by atoms with Gasteiger partial charge in [0.05, 0.1) is 5.56 Å². The van der Waals surface area contributed by atoms with Crippen molar-refractivity contribution in [1.29, 1.82) is 0 Å². The van der Waals surface area contributed by atoms with Gasteiger partial charge in [-0.2, -0.15) is 0 Å². The Kier molecular flexibility index (Phi) is 4.68. The quantitative estimate of drug-likeness (QED) is 0.863. The lowest BCUT2D eigenvalue weighted by Crippen LogP contribution is -2.26. The number of benzene rings is 2. The van der Waals surface area contributed by atoms with Crippen LogP contribution in [-0.4, -0.2) is 11.9 Å². The average molecular weight is 299 g/mol. The Morgan fingerprint density at radius 3 is 2.18 bits per heavy atom. The van der Waals surface area contributed by atoms with Crippen LogP contribution >= 0.6 is 0 Å². The fraction of sp³-hybridized carbons (Fsp3) is 0.0588. The molecule has 0 spiro atoms. The maximum absolute atomic E-state index is 12.9. The molecule has 0 aliphatic rings. The van der Waals surface area contributed by atoms with E-state index in [-0.39, 0.29) is 5.56 Å². The minimum Gasteiger partial charge on any atom is -0.444 e. The Morgan fingerprint density at radius 2 is 1.68 bits per heavy atom. The van der Waals surface area contributed by atoms with Gasteiger partial charge >= 0.3 is 5.97 Å². The molecule has 1 atom stereocenters. The minimum absolute atomic E-state index is 0.277.